The number of halogens is 3. The number of hydrogen-bond acceptors (Lipinski definition) is 2. The lowest BCUT2D eigenvalue weighted by atomic mass is 9.81. The molecule has 1 aliphatic carbocycles. The lowest BCUT2D eigenvalue weighted by molar-refractivity contribution is -0.183. The van der Waals surface area contributed by atoms with Gasteiger partial charge in [0.15, 0.2) is 5.96 Å². The first-order valence-electron chi connectivity index (χ1n) is 8.65. The molecule has 0 spiro atoms. The number of rotatable bonds is 3. The minimum Gasteiger partial charge on any atom is -0.373 e. The SMILES string of the molecule is CN=C(NCC1CCC(C(F)(F)F)CC1)NC1CC2CCC1O2. The third-order valence-electron chi connectivity index (χ3n) is 5.52. The smallest absolute Gasteiger partial charge is 0.373 e. The van der Waals surface area contributed by atoms with Gasteiger partial charge in [0, 0.05) is 13.6 Å². The Bertz CT molecular complexity index is 433. The third-order valence-corrected chi connectivity index (χ3v) is 5.52. The van der Waals surface area contributed by atoms with Crippen molar-refractivity contribution in [2.24, 2.45) is 16.8 Å². The summed E-state index contributed by atoms with van der Waals surface area (Å²) in [5.41, 5.74) is 0. The number of aliphatic imine (C=N–C) groups is 1. The van der Waals surface area contributed by atoms with Crippen molar-refractivity contribution in [3.63, 3.8) is 0 Å². The van der Waals surface area contributed by atoms with E-state index in [1.165, 1.54) is 0 Å². The molecule has 0 aromatic carbocycles. The normalized spacial score (nSPS) is 37.9. The Balaban J connectivity index is 1.39. The Morgan fingerprint density at radius 3 is 2.39 bits per heavy atom. The quantitative estimate of drug-likeness (QED) is 0.617. The maximum atomic E-state index is 12.7. The highest BCUT2D eigenvalue weighted by Gasteiger charge is 2.42. The molecule has 3 rings (SSSR count). The van der Waals surface area contributed by atoms with Gasteiger partial charge in [-0.2, -0.15) is 13.2 Å². The monoisotopic (exact) mass is 333 g/mol. The van der Waals surface area contributed by atoms with E-state index in [1.807, 2.05) is 0 Å². The molecule has 132 valence electrons. The van der Waals surface area contributed by atoms with Crippen LogP contribution >= 0.6 is 0 Å². The van der Waals surface area contributed by atoms with Crippen LogP contribution in [0.25, 0.3) is 0 Å². The first-order chi connectivity index (χ1) is 11.0. The number of guanidine groups is 1. The van der Waals surface area contributed by atoms with Crippen molar-refractivity contribution in [3.05, 3.63) is 0 Å². The van der Waals surface area contributed by atoms with Crippen LogP contribution in [0, 0.1) is 11.8 Å². The summed E-state index contributed by atoms with van der Waals surface area (Å²) in [6, 6.07) is 0.306. The molecule has 0 aromatic heterocycles. The van der Waals surface area contributed by atoms with Gasteiger partial charge < -0.3 is 15.4 Å². The second kappa shape index (κ2) is 6.87. The van der Waals surface area contributed by atoms with Gasteiger partial charge in [-0.05, 0) is 50.9 Å². The number of alkyl halides is 3. The molecule has 23 heavy (non-hydrogen) atoms. The minimum atomic E-state index is -4.03. The van der Waals surface area contributed by atoms with Gasteiger partial charge in [-0.15, -0.1) is 0 Å². The zero-order valence-corrected chi connectivity index (χ0v) is 13.5. The summed E-state index contributed by atoms with van der Waals surface area (Å²) in [6.07, 6.45) is 1.66. The van der Waals surface area contributed by atoms with Crippen LogP contribution < -0.4 is 10.6 Å². The molecular formula is C16H26F3N3O. The second-order valence-electron chi connectivity index (χ2n) is 7.07. The summed E-state index contributed by atoms with van der Waals surface area (Å²) in [6.45, 7) is 0.686. The second-order valence-corrected chi connectivity index (χ2v) is 7.07. The molecule has 2 saturated heterocycles. The summed E-state index contributed by atoms with van der Waals surface area (Å²) >= 11 is 0. The molecule has 3 unspecified atom stereocenters. The molecule has 2 aliphatic heterocycles. The van der Waals surface area contributed by atoms with Crippen LogP contribution in [-0.4, -0.2) is 44.0 Å². The Morgan fingerprint density at radius 1 is 1.13 bits per heavy atom. The molecule has 2 heterocycles. The maximum absolute atomic E-state index is 12.7. The fourth-order valence-corrected chi connectivity index (χ4v) is 4.09. The van der Waals surface area contributed by atoms with Crippen molar-refractivity contribution in [3.8, 4) is 0 Å². The number of nitrogens with one attached hydrogen (secondary N) is 2. The molecule has 2 N–H and O–H groups in total. The summed E-state index contributed by atoms with van der Waals surface area (Å²) in [7, 11) is 1.73. The first-order valence-corrected chi connectivity index (χ1v) is 8.65. The van der Waals surface area contributed by atoms with Crippen molar-refractivity contribution in [2.45, 2.75) is 69.4 Å². The van der Waals surface area contributed by atoms with Crippen LogP contribution in [0.5, 0.6) is 0 Å². The summed E-state index contributed by atoms with van der Waals surface area (Å²) in [5.74, 6) is -0.0742. The maximum Gasteiger partial charge on any atom is 0.391 e. The molecule has 7 heteroatoms. The first kappa shape index (κ1) is 16.9. The van der Waals surface area contributed by atoms with E-state index in [2.05, 4.69) is 15.6 Å². The van der Waals surface area contributed by atoms with Crippen LogP contribution in [0.1, 0.15) is 44.9 Å². The van der Waals surface area contributed by atoms with E-state index in [4.69, 9.17) is 4.74 Å². The van der Waals surface area contributed by atoms with Gasteiger partial charge in [0.1, 0.15) is 0 Å². The Kier molecular flexibility index (Phi) is 5.04. The van der Waals surface area contributed by atoms with E-state index in [0.29, 0.717) is 37.5 Å². The average molecular weight is 333 g/mol. The fourth-order valence-electron chi connectivity index (χ4n) is 4.09. The van der Waals surface area contributed by atoms with E-state index in [-0.39, 0.29) is 18.9 Å². The van der Waals surface area contributed by atoms with Gasteiger partial charge in [-0.3, -0.25) is 4.99 Å². The highest BCUT2D eigenvalue weighted by molar-refractivity contribution is 5.80. The van der Waals surface area contributed by atoms with E-state index in [1.54, 1.807) is 7.05 Å². The van der Waals surface area contributed by atoms with Crippen LogP contribution in [0.3, 0.4) is 0 Å². The average Bonchev–Trinajstić information content (AvgIpc) is 3.13. The molecule has 3 aliphatic rings. The van der Waals surface area contributed by atoms with Crippen LogP contribution in [-0.2, 0) is 4.74 Å². The molecule has 0 radical (unpaired) electrons. The van der Waals surface area contributed by atoms with E-state index < -0.39 is 12.1 Å². The van der Waals surface area contributed by atoms with Crippen molar-refractivity contribution in [2.75, 3.05) is 13.6 Å². The number of hydrogen-bond donors (Lipinski definition) is 2. The lowest BCUT2D eigenvalue weighted by Gasteiger charge is -2.30. The van der Waals surface area contributed by atoms with Gasteiger partial charge in [0.25, 0.3) is 0 Å². The van der Waals surface area contributed by atoms with Crippen molar-refractivity contribution in [1.82, 2.24) is 10.6 Å². The topological polar surface area (TPSA) is 45.7 Å². The van der Waals surface area contributed by atoms with Crippen LogP contribution in [0.15, 0.2) is 4.99 Å². The predicted molar refractivity (Wildman–Crippen MR) is 82.3 cm³/mol. The van der Waals surface area contributed by atoms with Crippen molar-refractivity contribution in [1.29, 1.82) is 0 Å². The predicted octanol–water partition coefficient (Wildman–Crippen LogP) is 2.84. The van der Waals surface area contributed by atoms with Gasteiger partial charge in [-0.25, -0.2) is 0 Å². The largest absolute Gasteiger partial charge is 0.391 e. The molecule has 0 aromatic rings. The van der Waals surface area contributed by atoms with Crippen molar-refractivity contribution >= 4 is 5.96 Å². The summed E-state index contributed by atoms with van der Waals surface area (Å²) < 4.78 is 43.9. The lowest BCUT2D eigenvalue weighted by Crippen LogP contribution is -2.48. The molecule has 1 saturated carbocycles. The van der Waals surface area contributed by atoms with Gasteiger partial charge in [0.05, 0.1) is 24.2 Å². The summed E-state index contributed by atoms with van der Waals surface area (Å²) in [4.78, 5) is 4.23. The van der Waals surface area contributed by atoms with Crippen LogP contribution in [0.4, 0.5) is 13.2 Å². The number of nitrogens with zero attached hydrogens (tertiary/aromatic N) is 1. The Morgan fingerprint density at radius 2 is 1.87 bits per heavy atom. The molecular weight excluding hydrogens is 307 g/mol. The highest BCUT2D eigenvalue weighted by Crippen LogP contribution is 2.39. The van der Waals surface area contributed by atoms with Crippen LogP contribution in [0.2, 0.25) is 0 Å². The summed E-state index contributed by atoms with van der Waals surface area (Å²) in [5, 5.41) is 6.68. The minimum absolute atomic E-state index is 0.252. The number of fused-ring (bicyclic) bond motifs is 2. The Hall–Kier alpha value is -0.980. The van der Waals surface area contributed by atoms with E-state index in [0.717, 1.165) is 25.2 Å². The zero-order chi connectivity index (χ0) is 16.4. The van der Waals surface area contributed by atoms with Gasteiger partial charge in [0.2, 0.25) is 0 Å². The van der Waals surface area contributed by atoms with Gasteiger partial charge in [-0.1, -0.05) is 0 Å². The molecule has 2 bridgehead atoms. The number of ether oxygens (including phenoxy) is 1. The van der Waals surface area contributed by atoms with E-state index in [9.17, 15) is 13.2 Å². The third kappa shape index (κ3) is 4.11. The molecule has 4 nitrogen and oxygen atoms in total. The molecule has 3 fully saturated rings. The standard InChI is InChI=1S/C16H26F3N3O/c1-20-15(22-13-8-12-6-7-14(13)23-12)21-9-10-2-4-11(5-3-10)16(17,18)19/h10-14H,2-9H2,1H3,(H2,20,21,22). The van der Waals surface area contributed by atoms with Gasteiger partial charge >= 0.3 is 6.18 Å². The molecule has 0 amide bonds. The highest BCUT2D eigenvalue weighted by atomic mass is 19.4. The zero-order valence-electron chi connectivity index (χ0n) is 13.5. The Labute approximate surface area is 135 Å². The fraction of sp³-hybridized carbons (Fsp3) is 0.938. The van der Waals surface area contributed by atoms with Crippen molar-refractivity contribution < 1.29 is 17.9 Å². The van der Waals surface area contributed by atoms with E-state index >= 15 is 0 Å². The molecule has 3 atom stereocenters.